The van der Waals surface area contributed by atoms with Crippen LogP contribution in [0.4, 0.5) is 0 Å². The van der Waals surface area contributed by atoms with E-state index in [4.69, 9.17) is 16.3 Å². The molecule has 0 heterocycles. The van der Waals surface area contributed by atoms with Crippen LogP contribution >= 0.6 is 23.4 Å². The first kappa shape index (κ1) is 19.6. The van der Waals surface area contributed by atoms with E-state index in [9.17, 15) is 9.90 Å². The smallest absolute Gasteiger partial charge is 0.320 e. The Morgan fingerprint density at radius 3 is 2.60 bits per heavy atom. The van der Waals surface area contributed by atoms with E-state index in [0.29, 0.717) is 24.6 Å². The van der Waals surface area contributed by atoms with Crippen LogP contribution in [0.3, 0.4) is 0 Å². The van der Waals surface area contributed by atoms with Gasteiger partial charge in [0.05, 0.1) is 0 Å². The van der Waals surface area contributed by atoms with Gasteiger partial charge in [-0.3, -0.25) is 4.79 Å². The summed E-state index contributed by atoms with van der Waals surface area (Å²) in [4.78, 5) is 11.2. The summed E-state index contributed by atoms with van der Waals surface area (Å²) in [7, 11) is 0. The van der Waals surface area contributed by atoms with E-state index in [1.807, 2.05) is 54.8 Å². The Morgan fingerprint density at radius 1 is 1.24 bits per heavy atom. The van der Waals surface area contributed by atoms with Crippen LogP contribution in [0.1, 0.15) is 17.5 Å². The highest BCUT2D eigenvalue weighted by Gasteiger charge is 2.15. The SMILES string of the molecule is CSCCC(NCc1ccc(OCc2ccccc2Cl)cc1)C(=O)O. The summed E-state index contributed by atoms with van der Waals surface area (Å²) in [6.45, 7) is 0.920. The molecule has 0 aliphatic heterocycles. The third-order valence-electron chi connectivity index (χ3n) is 3.74. The van der Waals surface area contributed by atoms with Crippen LogP contribution < -0.4 is 10.1 Å². The molecule has 0 aliphatic rings. The van der Waals surface area contributed by atoms with Gasteiger partial charge >= 0.3 is 5.97 Å². The van der Waals surface area contributed by atoms with E-state index in [-0.39, 0.29) is 0 Å². The first-order valence-electron chi connectivity index (χ1n) is 8.00. The molecule has 0 spiro atoms. The van der Waals surface area contributed by atoms with E-state index < -0.39 is 12.0 Å². The van der Waals surface area contributed by atoms with Crippen LogP contribution in [0.5, 0.6) is 5.75 Å². The van der Waals surface area contributed by atoms with Crippen molar-refractivity contribution in [2.75, 3.05) is 12.0 Å². The average molecular weight is 380 g/mol. The van der Waals surface area contributed by atoms with Gasteiger partial charge in [0.15, 0.2) is 0 Å². The molecule has 0 radical (unpaired) electrons. The van der Waals surface area contributed by atoms with Crippen molar-refractivity contribution in [1.29, 1.82) is 0 Å². The highest BCUT2D eigenvalue weighted by Crippen LogP contribution is 2.19. The maximum absolute atomic E-state index is 11.2. The zero-order chi connectivity index (χ0) is 18.1. The van der Waals surface area contributed by atoms with Gasteiger partial charge in [-0.15, -0.1) is 0 Å². The summed E-state index contributed by atoms with van der Waals surface area (Å²) < 4.78 is 5.74. The van der Waals surface area contributed by atoms with Crippen LogP contribution in [0.2, 0.25) is 5.02 Å². The minimum Gasteiger partial charge on any atom is -0.489 e. The van der Waals surface area contributed by atoms with Gasteiger partial charge in [0.25, 0.3) is 0 Å². The number of hydrogen-bond acceptors (Lipinski definition) is 4. The molecule has 0 saturated heterocycles. The maximum atomic E-state index is 11.2. The normalized spacial score (nSPS) is 11.9. The average Bonchev–Trinajstić information content (AvgIpc) is 2.62. The molecule has 0 saturated carbocycles. The van der Waals surface area contributed by atoms with E-state index in [1.54, 1.807) is 11.8 Å². The lowest BCUT2D eigenvalue weighted by Gasteiger charge is -2.14. The van der Waals surface area contributed by atoms with Crippen molar-refractivity contribution in [2.24, 2.45) is 0 Å². The largest absolute Gasteiger partial charge is 0.489 e. The second kappa shape index (κ2) is 10.3. The number of carboxylic acid groups (broad SMARTS) is 1. The van der Waals surface area contributed by atoms with Gasteiger partial charge in [-0.05, 0) is 42.2 Å². The van der Waals surface area contributed by atoms with E-state index in [1.165, 1.54) is 0 Å². The lowest BCUT2D eigenvalue weighted by atomic mass is 10.1. The molecule has 0 aliphatic carbocycles. The molecule has 1 unspecified atom stereocenters. The van der Waals surface area contributed by atoms with Crippen LogP contribution in [-0.4, -0.2) is 29.1 Å². The monoisotopic (exact) mass is 379 g/mol. The Labute approximate surface area is 157 Å². The Balaban J connectivity index is 1.85. The van der Waals surface area contributed by atoms with Crippen LogP contribution in [-0.2, 0) is 17.9 Å². The Morgan fingerprint density at radius 2 is 1.96 bits per heavy atom. The molecule has 134 valence electrons. The number of thioether (sulfide) groups is 1. The molecule has 25 heavy (non-hydrogen) atoms. The van der Waals surface area contributed by atoms with Gasteiger partial charge in [0.1, 0.15) is 18.4 Å². The van der Waals surface area contributed by atoms with Gasteiger partial charge in [-0.2, -0.15) is 11.8 Å². The summed E-state index contributed by atoms with van der Waals surface area (Å²) in [5.74, 6) is 0.758. The minimum atomic E-state index is -0.811. The molecule has 0 amide bonds. The number of hydrogen-bond donors (Lipinski definition) is 2. The first-order valence-corrected chi connectivity index (χ1v) is 9.77. The van der Waals surface area contributed by atoms with E-state index in [2.05, 4.69) is 5.32 Å². The third kappa shape index (κ3) is 6.61. The Kier molecular flexibility index (Phi) is 8.12. The number of benzene rings is 2. The van der Waals surface area contributed by atoms with Gasteiger partial charge in [-0.1, -0.05) is 41.9 Å². The molecule has 2 aromatic carbocycles. The van der Waals surface area contributed by atoms with Crippen LogP contribution in [0, 0.1) is 0 Å². The van der Waals surface area contributed by atoms with E-state index >= 15 is 0 Å². The molecular formula is C19H22ClNO3S. The van der Waals surface area contributed by atoms with Crippen molar-refractivity contribution in [1.82, 2.24) is 5.32 Å². The quantitative estimate of drug-likeness (QED) is 0.647. The van der Waals surface area contributed by atoms with Crippen molar-refractivity contribution in [2.45, 2.75) is 25.6 Å². The summed E-state index contributed by atoms with van der Waals surface area (Å²) in [6, 6.07) is 14.7. The molecule has 6 heteroatoms. The molecule has 1 atom stereocenters. The molecule has 2 rings (SSSR count). The number of ether oxygens (including phenoxy) is 1. The van der Waals surface area contributed by atoms with Gasteiger partial charge in [0.2, 0.25) is 0 Å². The maximum Gasteiger partial charge on any atom is 0.320 e. The number of nitrogens with one attached hydrogen (secondary N) is 1. The fraction of sp³-hybridized carbons (Fsp3) is 0.316. The summed E-state index contributed by atoms with van der Waals surface area (Å²) >= 11 is 7.76. The van der Waals surface area contributed by atoms with Gasteiger partial charge < -0.3 is 15.2 Å². The summed E-state index contributed by atoms with van der Waals surface area (Å²) in [5, 5.41) is 13.0. The number of carboxylic acids is 1. The van der Waals surface area contributed by atoms with Gasteiger partial charge in [0, 0.05) is 17.1 Å². The molecule has 0 bridgehead atoms. The van der Waals surface area contributed by atoms with Crippen molar-refractivity contribution in [3.8, 4) is 5.75 Å². The molecule has 0 aromatic heterocycles. The number of rotatable bonds is 10. The van der Waals surface area contributed by atoms with Crippen molar-refractivity contribution in [3.63, 3.8) is 0 Å². The highest BCUT2D eigenvalue weighted by atomic mass is 35.5. The number of carbonyl (C=O) groups is 1. The molecule has 0 fully saturated rings. The standard InChI is InChI=1S/C19H22ClNO3S/c1-25-11-10-18(19(22)23)21-12-14-6-8-16(9-7-14)24-13-15-4-2-3-5-17(15)20/h2-9,18,21H,10-13H2,1H3,(H,22,23). The Bertz CT molecular complexity index is 679. The minimum absolute atomic E-state index is 0.410. The molecule has 2 aromatic rings. The topological polar surface area (TPSA) is 58.6 Å². The Hall–Kier alpha value is -1.69. The zero-order valence-corrected chi connectivity index (χ0v) is 15.6. The van der Waals surface area contributed by atoms with Gasteiger partial charge in [-0.25, -0.2) is 0 Å². The predicted molar refractivity (Wildman–Crippen MR) is 103 cm³/mol. The van der Waals surface area contributed by atoms with E-state index in [0.717, 1.165) is 22.6 Å². The fourth-order valence-electron chi connectivity index (χ4n) is 2.27. The van der Waals surface area contributed by atoms with Crippen LogP contribution in [0.15, 0.2) is 48.5 Å². The lowest BCUT2D eigenvalue weighted by molar-refractivity contribution is -0.139. The zero-order valence-electron chi connectivity index (χ0n) is 14.1. The number of aliphatic carboxylic acids is 1. The summed E-state index contributed by atoms with van der Waals surface area (Å²) in [6.07, 6.45) is 2.58. The third-order valence-corrected chi connectivity index (χ3v) is 4.75. The summed E-state index contributed by atoms with van der Waals surface area (Å²) in [5.41, 5.74) is 1.95. The van der Waals surface area contributed by atoms with Crippen molar-refractivity contribution < 1.29 is 14.6 Å². The molecule has 2 N–H and O–H groups in total. The lowest BCUT2D eigenvalue weighted by Crippen LogP contribution is -2.36. The highest BCUT2D eigenvalue weighted by molar-refractivity contribution is 7.98. The number of halogens is 1. The predicted octanol–water partition coefficient (Wildman–Crippen LogP) is 4.21. The fourth-order valence-corrected chi connectivity index (χ4v) is 2.93. The molecular weight excluding hydrogens is 358 g/mol. The van der Waals surface area contributed by atoms with Crippen LogP contribution in [0.25, 0.3) is 0 Å². The first-order chi connectivity index (χ1) is 12.1. The van der Waals surface area contributed by atoms with Crippen molar-refractivity contribution >= 4 is 29.3 Å². The molecule has 4 nitrogen and oxygen atoms in total. The second-order valence-corrected chi connectivity index (χ2v) is 6.97. The van der Waals surface area contributed by atoms with Crippen molar-refractivity contribution in [3.05, 3.63) is 64.7 Å². The second-order valence-electron chi connectivity index (χ2n) is 5.58.